The van der Waals surface area contributed by atoms with Crippen LogP contribution in [-0.2, 0) is 20.9 Å². The average Bonchev–Trinajstić information content (AvgIpc) is 2.41. The molecule has 1 aromatic carbocycles. The number of carbonyl (C=O) groups is 2. The van der Waals surface area contributed by atoms with Crippen molar-refractivity contribution in [2.45, 2.75) is 26.4 Å². The van der Waals surface area contributed by atoms with Gasteiger partial charge in [0.25, 0.3) is 0 Å². The first-order valence-electron chi connectivity index (χ1n) is 6.18. The van der Waals surface area contributed by atoms with E-state index in [-0.39, 0.29) is 24.9 Å². The van der Waals surface area contributed by atoms with Crippen LogP contribution in [0.1, 0.15) is 25.3 Å². The largest absolute Gasteiger partial charge is 0.481 e. The number of ether oxygens (including phenoxy) is 1. The van der Waals surface area contributed by atoms with Gasteiger partial charge in [0.2, 0.25) is 0 Å². The molecule has 0 aliphatic heterocycles. The van der Waals surface area contributed by atoms with Crippen molar-refractivity contribution in [2.24, 2.45) is 5.92 Å². The van der Waals surface area contributed by atoms with Gasteiger partial charge in [-0.05, 0) is 18.9 Å². The van der Waals surface area contributed by atoms with E-state index in [9.17, 15) is 9.59 Å². The Morgan fingerprint density at radius 1 is 1.32 bits per heavy atom. The molecule has 19 heavy (non-hydrogen) atoms. The number of carbonyl (C=O) groups excluding carboxylic acids is 1. The molecule has 0 heterocycles. The van der Waals surface area contributed by atoms with Crippen molar-refractivity contribution >= 4 is 11.9 Å². The molecule has 102 valence electrons. The molecule has 1 unspecified atom stereocenters. The summed E-state index contributed by atoms with van der Waals surface area (Å²) in [5.41, 5.74) is 0.943. The molecule has 4 heteroatoms. The molecule has 0 saturated heterocycles. The molecule has 0 aromatic heterocycles. The van der Waals surface area contributed by atoms with Crippen molar-refractivity contribution in [3.05, 3.63) is 48.0 Å². The van der Waals surface area contributed by atoms with Gasteiger partial charge < -0.3 is 9.84 Å². The summed E-state index contributed by atoms with van der Waals surface area (Å²) in [5.74, 6) is -1.52. The van der Waals surface area contributed by atoms with Gasteiger partial charge >= 0.3 is 11.9 Å². The predicted molar refractivity (Wildman–Crippen MR) is 71.4 cm³/mol. The molecule has 0 aliphatic rings. The number of carboxylic acid groups (broad SMARTS) is 1. The summed E-state index contributed by atoms with van der Waals surface area (Å²) in [6.07, 6.45) is 3.87. The maximum Gasteiger partial charge on any atom is 0.312 e. The number of hydrogen-bond donors (Lipinski definition) is 1. The number of hydrogen-bond acceptors (Lipinski definition) is 3. The van der Waals surface area contributed by atoms with E-state index in [1.807, 2.05) is 30.3 Å². The zero-order valence-corrected chi connectivity index (χ0v) is 10.9. The molecule has 0 radical (unpaired) electrons. The quantitative estimate of drug-likeness (QED) is 0.606. The Bertz CT molecular complexity index is 437. The smallest absolute Gasteiger partial charge is 0.312 e. The van der Waals surface area contributed by atoms with Crippen molar-refractivity contribution in [1.82, 2.24) is 0 Å². The first-order chi connectivity index (χ1) is 9.09. The van der Waals surface area contributed by atoms with Crippen LogP contribution in [-0.4, -0.2) is 17.0 Å². The predicted octanol–water partition coefficient (Wildman–Crippen LogP) is 2.79. The van der Waals surface area contributed by atoms with E-state index in [0.717, 1.165) is 5.56 Å². The third-order valence-electron chi connectivity index (χ3n) is 2.55. The topological polar surface area (TPSA) is 63.6 Å². The summed E-state index contributed by atoms with van der Waals surface area (Å²) < 4.78 is 5.16. The highest BCUT2D eigenvalue weighted by Crippen LogP contribution is 2.06. The van der Waals surface area contributed by atoms with Gasteiger partial charge in [-0.25, -0.2) is 0 Å². The molecule has 0 amide bonds. The maximum atomic E-state index is 11.7. The van der Waals surface area contributed by atoms with Crippen LogP contribution in [0.3, 0.4) is 0 Å². The lowest BCUT2D eigenvalue weighted by Crippen LogP contribution is -2.12. The Balaban J connectivity index is 2.30. The molecular weight excluding hydrogens is 244 g/mol. The Kier molecular flexibility index (Phi) is 6.36. The Hall–Kier alpha value is -2.10. The molecule has 4 nitrogen and oxygen atoms in total. The minimum atomic E-state index is -0.844. The van der Waals surface area contributed by atoms with E-state index < -0.39 is 5.97 Å². The molecule has 0 saturated carbocycles. The van der Waals surface area contributed by atoms with E-state index in [1.165, 1.54) is 0 Å². The van der Waals surface area contributed by atoms with Crippen LogP contribution < -0.4 is 0 Å². The summed E-state index contributed by atoms with van der Waals surface area (Å²) in [4.78, 5) is 22.0. The van der Waals surface area contributed by atoms with Crippen LogP contribution >= 0.6 is 0 Å². The second kappa shape index (κ2) is 8.08. The summed E-state index contributed by atoms with van der Waals surface area (Å²) in [7, 11) is 0. The molecule has 0 bridgehead atoms. The second-order valence-corrected chi connectivity index (χ2v) is 4.24. The Labute approximate surface area is 112 Å². The molecule has 1 atom stereocenters. The monoisotopic (exact) mass is 262 g/mol. The standard InChI is InChI=1S/C15H18O4/c1-12(7-5-6-10-14(16)17)15(18)19-11-13-8-3-2-4-9-13/h2-5,7-9,12H,6,10-11H2,1H3,(H,16,17). The number of carboxylic acids is 1. The number of esters is 1. The fourth-order valence-electron chi connectivity index (χ4n) is 1.45. The van der Waals surface area contributed by atoms with E-state index >= 15 is 0 Å². The maximum absolute atomic E-state index is 11.7. The number of aliphatic carboxylic acids is 1. The van der Waals surface area contributed by atoms with Crippen LogP contribution in [0, 0.1) is 5.92 Å². The minimum absolute atomic E-state index is 0.0717. The fourth-order valence-corrected chi connectivity index (χ4v) is 1.45. The van der Waals surface area contributed by atoms with Gasteiger partial charge in [-0.15, -0.1) is 0 Å². The van der Waals surface area contributed by atoms with Crippen molar-refractivity contribution in [3.8, 4) is 0 Å². The lowest BCUT2D eigenvalue weighted by molar-refractivity contribution is -0.147. The van der Waals surface area contributed by atoms with Crippen LogP contribution in [0.2, 0.25) is 0 Å². The van der Waals surface area contributed by atoms with Crippen LogP contribution in [0.25, 0.3) is 0 Å². The summed E-state index contributed by atoms with van der Waals surface area (Å²) >= 11 is 0. The number of benzene rings is 1. The van der Waals surface area contributed by atoms with E-state index in [0.29, 0.717) is 6.42 Å². The zero-order chi connectivity index (χ0) is 14.1. The first kappa shape index (κ1) is 15.0. The molecule has 1 N–H and O–H groups in total. The molecule has 1 aromatic rings. The van der Waals surface area contributed by atoms with Gasteiger partial charge in [0.1, 0.15) is 6.61 Å². The molecular formula is C15H18O4. The fraction of sp³-hybridized carbons (Fsp3) is 0.333. The van der Waals surface area contributed by atoms with E-state index in [4.69, 9.17) is 9.84 Å². The second-order valence-electron chi connectivity index (χ2n) is 4.24. The van der Waals surface area contributed by atoms with Crippen LogP contribution in [0.15, 0.2) is 42.5 Å². The van der Waals surface area contributed by atoms with Gasteiger partial charge in [0, 0.05) is 6.42 Å². The van der Waals surface area contributed by atoms with Crippen molar-refractivity contribution in [1.29, 1.82) is 0 Å². The van der Waals surface area contributed by atoms with Crippen LogP contribution in [0.4, 0.5) is 0 Å². The Morgan fingerprint density at radius 2 is 2.00 bits per heavy atom. The normalized spacial score (nSPS) is 12.3. The lowest BCUT2D eigenvalue weighted by Gasteiger charge is -2.07. The highest BCUT2D eigenvalue weighted by Gasteiger charge is 2.10. The highest BCUT2D eigenvalue weighted by molar-refractivity contribution is 5.74. The molecule has 0 aliphatic carbocycles. The summed E-state index contributed by atoms with van der Waals surface area (Å²) in [6, 6.07) is 9.46. The summed E-state index contributed by atoms with van der Waals surface area (Å²) in [5, 5.41) is 8.47. The molecule has 0 spiro atoms. The van der Waals surface area contributed by atoms with Gasteiger partial charge in [-0.1, -0.05) is 42.5 Å². The highest BCUT2D eigenvalue weighted by atomic mass is 16.5. The van der Waals surface area contributed by atoms with Crippen molar-refractivity contribution < 1.29 is 19.4 Å². The van der Waals surface area contributed by atoms with Gasteiger partial charge in [0.15, 0.2) is 0 Å². The molecule has 1 rings (SSSR count). The Morgan fingerprint density at radius 3 is 2.63 bits per heavy atom. The van der Waals surface area contributed by atoms with Crippen LogP contribution in [0.5, 0.6) is 0 Å². The third-order valence-corrected chi connectivity index (χ3v) is 2.55. The minimum Gasteiger partial charge on any atom is -0.481 e. The number of allylic oxidation sites excluding steroid dienone is 1. The van der Waals surface area contributed by atoms with Gasteiger partial charge in [-0.2, -0.15) is 0 Å². The SMILES string of the molecule is CC(C=CCCC(=O)O)C(=O)OCc1ccccc1. The first-order valence-corrected chi connectivity index (χ1v) is 6.18. The zero-order valence-electron chi connectivity index (χ0n) is 10.9. The van der Waals surface area contributed by atoms with E-state index in [1.54, 1.807) is 19.1 Å². The molecule has 0 fully saturated rings. The van der Waals surface area contributed by atoms with Gasteiger partial charge in [0.05, 0.1) is 5.92 Å². The van der Waals surface area contributed by atoms with E-state index in [2.05, 4.69) is 0 Å². The third kappa shape index (κ3) is 6.41. The van der Waals surface area contributed by atoms with Crippen molar-refractivity contribution in [2.75, 3.05) is 0 Å². The number of rotatable bonds is 7. The van der Waals surface area contributed by atoms with Gasteiger partial charge in [-0.3, -0.25) is 9.59 Å². The lowest BCUT2D eigenvalue weighted by atomic mass is 10.1. The average molecular weight is 262 g/mol. The summed E-state index contributed by atoms with van der Waals surface area (Å²) in [6.45, 7) is 1.98. The van der Waals surface area contributed by atoms with Crippen molar-refractivity contribution in [3.63, 3.8) is 0 Å².